The van der Waals surface area contributed by atoms with Gasteiger partial charge in [0.2, 0.25) is 0 Å². The molecule has 0 spiro atoms. The molecule has 4 rings (SSSR count). The first-order valence-electron chi connectivity index (χ1n) is 8.48. The summed E-state index contributed by atoms with van der Waals surface area (Å²) in [4.78, 5) is 11.0. The molecule has 1 aromatic carbocycles. The largest absolute Gasteiger partial charge is 0.298 e. The van der Waals surface area contributed by atoms with Crippen LogP contribution in [-0.4, -0.2) is 44.8 Å². The highest BCUT2D eigenvalue weighted by molar-refractivity contribution is 5.53. The van der Waals surface area contributed by atoms with Gasteiger partial charge in [-0.15, -0.1) is 0 Å². The molecule has 6 heteroatoms. The van der Waals surface area contributed by atoms with Crippen molar-refractivity contribution in [3.8, 4) is 11.4 Å². The van der Waals surface area contributed by atoms with E-state index in [9.17, 15) is 4.39 Å². The summed E-state index contributed by atoms with van der Waals surface area (Å²) in [6, 6.07) is 13.8. The minimum Gasteiger partial charge on any atom is -0.298 e. The van der Waals surface area contributed by atoms with E-state index >= 15 is 0 Å². The minimum atomic E-state index is -0.352. The molecule has 2 aromatic heterocycles. The summed E-state index contributed by atoms with van der Waals surface area (Å²) in [5.74, 6) is 1.41. The van der Waals surface area contributed by atoms with E-state index in [4.69, 9.17) is 0 Å². The van der Waals surface area contributed by atoms with Crippen molar-refractivity contribution in [2.24, 2.45) is 5.92 Å². The van der Waals surface area contributed by atoms with E-state index in [2.05, 4.69) is 25.1 Å². The van der Waals surface area contributed by atoms with Gasteiger partial charge in [-0.1, -0.05) is 36.4 Å². The maximum atomic E-state index is 13.6. The van der Waals surface area contributed by atoms with Crippen molar-refractivity contribution in [3.63, 3.8) is 0 Å². The van der Waals surface area contributed by atoms with Crippen LogP contribution in [0.3, 0.4) is 0 Å². The van der Waals surface area contributed by atoms with Crippen LogP contribution in [0.15, 0.2) is 54.9 Å². The lowest BCUT2D eigenvalue weighted by atomic mass is 9.97. The highest BCUT2D eigenvalue weighted by Gasteiger charge is 2.36. The quantitative estimate of drug-likeness (QED) is 0.777. The van der Waals surface area contributed by atoms with Gasteiger partial charge in [0.1, 0.15) is 5.82 Å². The zero-order valence-electron chi connectivity index (χ0n) is 13.8. The third kappa shape index (κ3) is 3.44. The highest BCUT2D eigenvalue weighted by atomic mass is 19.1. The summed E-state index contributed by atoms with van der Waals surface area (Å²) < 4.78 is 13.6. The smallest absolute Gasteiger partial charge is 0.181 e. The first kappa shape index (κ1) is 15.9. The molecule has 3 heterocycles. The van der Waals surface area contributed by atoms with Gasteiger partial charge in [-0.25, -0.2) is 4.98 Å². The average Bonchev–Trinajstić information content (AvgIpc) is 3.30. The van der Waals surface area contributed by atoms with Gasteiger partial charge >= 0.3 is 0 Å². The molecule has 0 unspecified atom stereocenters. The molecule has 5 nitrogen and oxygen atoms in total. The Morgan fingerprint density at radius 1 is 1.12 bits per heavy atom. The van der Waals surface area contributed by atoms with Crippen molar-refractivity contribution >= 4 is 0 Å². The first-order valence-corrected chi connectivity index (χ1v) is 8.48. The number of H-pyrrole nitrogens is 1. The number of alkyl halides is 1. The van der Waals surface area contributed by atoms with E-state index in [1.165, 1.54) is 0 Å². The fraction of sp³-hybridized carbons (Fsp3) is 0.316. The second kappa shape index (κ2) is 7.11. The molecular formula is C19H20FN5. The summed E-state index contributed by atoms with van der Waals surface area (Å²) in [6.45, 7) is 1.92. The Morgan fingerprint density at radius 3 is 2.76 bits per heavy atom. The number of hydrogen-bond acceptors (Lipinski definition) is 4. The molecule has 0 aliphatic carbocycles. The monoisotopic (exact) mass is 337 g/mol. The molecule has 2 atom stereocenters. The van der Waals surface area contributed by atoms with Crippen LogP contribution in [0.4, 0.5) is 4.39 Å². The maximum Gasteiger partial charge on any atom is 0.181 e. The topological polar surface area (TPSA) is 57.7 Å². The number of hydrogen-bond donors (Lipinski definition) is 1. The maximum absolute atomic E-state index is 13.6. The minimum absolute atomic E-state index is 0.0339. The first-order chi connectivity index (χ1) is 12.3. The van der Waals surface area contributed by atoms with Gasteiger partial charge in [0.15, 0.2) is 5.82 Å². The van der Waals surface area contributed by atoms with Crippen LogP contribution in [0.5, 0.6) is 0 Å². The predicted molar refractivity (Wildman–Crippen MR) is 93.5 cm³/mol. The summed E-state index contributed by atoms with van der Waals surface area (Å²) in [5, 5.41) is 7.35. The van der Waals surface area contributed by atoms with Crippen LogP contribution in [0.2, 0.25) is 0 Å². The summed E-state index contributed by atoms with van der Waals surface area (Å²) in [7, 11) is 0. The molecule has 25 heavy (non-hydrogen) atoms. The van der Waals surface area contributed by atoms with Gasteiger partial charge in [-0.05, 0) is 11.6 Å². The van der Waals surface area contributed by atoms with Crippen molar-refractivity contribution in [2.75, 3.05) is 19.8 Å². The molecule has 1 aliphatic heterocycles. The van der Waals surface area contributed by atoms with Gasteiger partial charge in [-0.3, -0.25) is 19.4 Å². The van der Waals surface area contributed by atoms with Crippen molar-refractivity contribution in [1.29, 1.82) is 0 Å². The lowest BCUT2D eigenvalue weighted by Gasteiger charge is -2.14. The second-order valence-corrected chi connectivity index (χ2v) is 6.49. The summed E-state index contributed by atoms with van der Waals surface area (Å²) >= 11 is 0. The molecule has 0 saturated carbocycles. The summed E-state index contributed by atoms with van der Waals surface area (Å²) in [6.07, 6.45) is 3.63. The van der Waals surface area contributed by atoms with E-state index in [-0.39, 0.29) is 18.5 Å². The molecule has 0 amide bonds. The Bertz CT molecular complexity index is 805. The lowest BCUT2D eigenvalue weighted by Crippen LogP contribution is -2.20. The zero-order chi connectivity index (χ0) is 17.1. The van der Waals surface area contributed by atoms with Crippen molar-refractivity contribution in [2.45, 2.75) is 12.5 Å². The molecule has 1 N–H and O–H groups in total. The van der Waals surface area contributed by atoms with Gasteiger partial charge in [0.05, 0.1) is 6.67 Å². The Kier molecular flexibility index (Phi) is 4.52. The Balaban J connectivity index is 1.50. The van der Waals surface area contributed by atoms with Gasteiger partial charge in [0.25, 0.3) is 0 Å². The average molecular weight is 337 g/mol. The Morgan fingerprint density at radius 2 is 2.00 bits per heavy atom. The Hall–Kier alpha value is -2.60. The number of aromatic amines is 1. The number of nitrogens with one attached hydrogen (secondary N) is 1. The number of benzene rings is 1. The predicted octanol–water partition coefficient (Wildman–Crippen LogP) is 3.05. The van der Waals surface area contributed by atoms with E-state index in [0.717, 1.165) is 36.6 Å². The molecule has 3 aromatic rings. The number of rotatable bonds is 5. The molecular weight excluding hydrogens is 317 g/mol. The van der Waals surface area contributed by atoms with Crippen LogP contribution in [0, 0.1) is 5.92 Å². The zero-order valence-corrected chi connectivity index (χ0v) is 13.8. The van der Waals surface area contributed by atoms with E-state index in [1.807, 2.05) is 48.7 Å². The molecule has 128 valence electrons. The van der Waals surface area contributed by atoms with Crippen LogP contribution in [-0.2, 0) is 6.54 Å². The third-order valence-corrected chi connectivity index (χ3v) is 4.73. The molecule has 1 fully saturated rings. The number of aromatic nitrogens is 4. The molecule has 1 aliphatic rings. The van der Waals surface area contributed by atoms with Gasteiger partial charge in [-0.2, -0.15) is 5.10 Å². The number of pyridine rings is 1. The Labute approximate surface area is 145 Å². The fourth-order valence-electron chi connectivity index (χ4n) is 3.46. The SMILES string of the molecule is FC[C@@H]1CN(Cc2cccnc2)C[C@H]1c1nc(-c2ccccc2)n[nH]1. The standard InChI is InChI=1S/C19H20FN5/c20-9-16-12-25(11-14-5-4-8-21-10-14)13-17(16)19-22-18(23-24-19)15-6-2-1-3-7-15/h1-8,10,16-17H,9,11-13H2,(H,22,23,24)/t16-,17-/m1/s1. The van der Waals surface area contributed by atoms with Crippen LogP contribution >= 0.6 is 0 Å². The lowest BCUT2D eigenvalue weighted by molar-refractivity contribution is 0.295. The van der Waals surface area contributed by atoms with Crippen molar-refractivity contribution in [1.82, 2.24) is 25.1 Å². The summed E-state index contributed by atoms with van der Waals surface area (Å²) in [5.41, 5.74) is 2.11. The van der Waals surface area contributed by atoms with Crippen LogP contribution in [0.25, 0.3) is 11.4 Å². The third-order valence-electron chi connectivity index (χ3n) is 4.73. The van der Waals surface area contributed by atoms with Crippen LogP contribution < -0.4 is 0 Å². The second-order valence-electron chi connectivity index (χ2n) is 6.49. The van der Waals surface area contributed by atoms with Crippen LogP contribution in [0.1, 0.15) is 17.3 Å². The van der Waals surface area contributed by atoms with E-state index in [1.54, 1.807) is 6.20 Å². The normalized spacial score (nSPS) is 20.8. The molecule has 1 saturated heterocycles. The van der Waals surface area contributed by atoms with Crippen molar-refractivity contribution in [3.05, 3.63) is 66.2 Å². The van der Waals surface area contributed by atoms with Crippen molar-refractivity contribution < 1.29 is 4.39 Å². The highest BCUT2D eigenvalue weighted by Crippen LogP contribution is 2.32. The molecule has 0 bridgehead atoms. The van der Waals surface area contributed by atoms with Gasteiger partial charge in [0, 0.05) is 49.4 Å². The fourth-order valence-corrected chi connectivity index (χ4v) is 3.46. The van der Waals surface area contributed by atoms with E-state index in [0.29, 0.717) is 5.82 Å². The molecule has 0 radical (unpaired) electrons. The number of likely N-dealkylation sites (tertiary alicyclic amines) is 1. The number of halogens is 1. The van der Waals surface area contributed by atoms with Gasteiger partial charge < -0.3 is 0 Å². The number of nitrogens with zero attached hydrogens (tertiary/aromatic N) is 4. The van der Waals surface area contributed by atoms with E-state index < -0.39 is 0 Å².